The van der Waals surface area contributed by atoms with Gasteiger partial charge in [-0.25, -0.2) is 0 Å². The first-order valence-corrected chi connectivity index (χ1v) is 4.99. The van der Waals surface area contributed by atoms with E-state index < -0.39 is 0 Å². The zero-order chi connectivity index (χ0) is 9.14. The Hall–Kier alpha value is -0.0800. The summed E-state index contributed by atoms with van der Waals surface area (Å²) < 4.78 is 5.75. The predicted molar refractivity (Wildman–Crippen MR) is 51.3 cm³/mol. The van der Waals surface area contributed by atoms with Gasteiger partial charge < -0.3 is 4.74 Å². The van der Waals surface area contributed by atoms with Crippen LogP contribution in [0.15, 0.2) is 0 Å². The zero-order valence-electron chi connectivity index (χ0n) is 8.71. The van der Waals surface area contributed by atoms with E-state index >= 15 is 0 Å². The zero-order valence-corrected chi connectivity index (χ0v) is 8.71. The lowest BCUT2D eigenvalue weighted by atomic mass is 10.2. The van der Waals surface area contributed by atoms with Crippen LogP contribution in [0.5, 0.6) is 0 Å². The van der Waals surface area contributed by atoms with Crippen LogP contribution in [-0.4, -0.2) is 36.2 Å². The highest BCUT2D eigenvalue weighted by Gasteiger charge is 2.20. The summed E-state index contributed by atoms with van der Waals surface area (Å²) >= 11 is 0. The Morgan fingerprint density at radius 3 is 2.50 bits per heavy atom. The fraction of sp³-hybridized carbons (Fsp3) is 1.00. The van der Waals surface area contributed by atoms with Crippen LogP contribution in [0.1, 0.15) is 34.1 Å². The molecule has 0 saturated carbocycles. The minimum Gasteiger partial charge on any atom is -0.374 e. The van der Waals surface area contributed by atoms with Crippen LogP contribution in [-0.2, 0) is 4.74 Å². The molecule has 0 amide bonds. The number of hydrogen-bond donors (Lipinski definition) is 0. The van der Waals surface area contributed by atoms with Crippen molar-refractivity contribution in [3.63, 3.8) is 0 Å². The maximum absolute atomic E-state index is 5.75. The number of ether oxygens (including phenoxy) is 1. The Kier molecular flexibility index (Phi) is 3.53. The summed E-state index contributed by atoms with van der Waals surface area (Å²) in [5, 5.41) is 0. The van der Waals surface area contributed by atoms with Crippen molar-refractivity contribution in [2.24, 2.45) is 0 Å². The van der Waals surface area contributed by atoms with Crippen LogP contribution < -0.4 is 0 Å². The molecule has 2 unspecified atom stereocenters. The molecule has 2 heteroatoms. The average molecular weight is 171 g/mol. The molecule has 0 aromatic heterocycles. The first-order valence-electron chi connectivity index (χ1n) is 4.99. The van der Waals surface area contributed by atoms with Crippen LogP contribution in [0, 0.1) is 0 Å². The Labute approximate surface area is 75.9 Å². The summed E-state index contributed by atoms with van der Waals surface area (Å²) in [6, 6.07) is 0.654. The minimum atomic E-state index is 0.393. The normalized spacial score (nSPS) is 33.8. The molecule has 0 aromatic carbocycles. The van der Waals surface area contributed by atoms with E-state index in [1.165, 1.54) is 13.0 Å². The van der Waals surface area contributed by atoms with E-state index in [9.17, 15) is 0 Å². The first-order chi connectivity index (χ1) is 5.59. The van der Waals surface area contributed by atoms with E-state index in [0.29, 0.717) is 18.2 Å². The molecule has 1 saturated heterocycles. The lowest BCUT2D eigenvalue weighted by Gasteiger charge is -2.25. The molecule has 0 spiro atoms. The Morgan fingerprint density at radius 1 is 1.25 bits per heavy atom. The highest BCUT2D eigenvalue weighted by molar-refractivity contribution is 4.72. The van der Waals surface area contributed by atoms with Gasteiger partial charge in [-0.2, -0.15) is 0 Å². The van der Waals surface area contributed by atoms with Crippen molar-refractivity contribution in [2.75, 3.05) is 13.1 Å². The smallest absolute Gasteiger partial charge is 0.0677 e. The van der Waals surface area contributed by atoms with Gasteiger partial charge in [0.15, 0.2) is 0 Å². The first kappa shape index (κ1) is 10.0. The second kappa shape index (κ2) is 4.24. The van der Waals surface area contributed by atoms with Crippen LogP contribution in [0.25, 0.3) is 0 Å². The molecule has 0 radical (unpaired) electrons. The summed E-state index contributed by atoms with van der Waals surface area (Å²) in [5.74, 6) is 0. The molecule has 2 nitrogen and oxygen atoms in total. The SMILES string of the molecule is CC1CCN(C(C)C)CC(C)O1. The third-order valence-corrected chi connectivity index (χ3v) is 2.51. The maximum atomic E-state index is 5.75. The van der Waals surface area contributed by atoms with Crippen molar-refractivity contribution >= 4 is 0 Å². The van der Waals surface area contributed by atoms with Crippen molar-refractivity contribution in [1.29, 1.82) is 0 Å². The largest absolute Gasteiger partial charge is 0.374 e. The number of nitrogens with zero attached hydrogens (tertiary/aromatic N) is 1. The van der Waals surface area contributed by atoms with Gasteiger partial charge >= 0.3 is 0 Å². The lowest BCUT2D eigenvalue weighted by Crippen LogP contribution is -2.35. The lowest BCUT2D eigenvalue weighted by molar-refractivity contribution is 0.0125. The van der Waals surface area contributed by atoms with Crippen LogP contribution in [0.3, 0.4) is 0 Å². The molecule has 1 aliphatic rings. The predicted octanol–water partition coefficient (Wildman–Crippen LogP) is 1.89. The van der Waals surface area contributed by atoms with E-state index in [-0.39, 0.29) is 0 Å². The number of hydrogen-bond acceptors (Lipinski definition) is 2. The van der Waals surface area contributed by atoms with Crippen LogP contribution >= 0.6 is 0 Å². The summed E-state index contributed by atoms with van der Waals surface area (Å²) in [5.41, 5.74) is 0. The summed E-state index contributed by atoms with van der Waals surface area (Å²) in [7, 11) is 0. The third kappa shape index (κ3) is 2.76. The molecule has 72 valence electrons. The standard InChI is InChI=1S/C10H21NO/c1-8(2)11-6-5-9(3)12-10(4)7-11/h8-10H,5-7H2,1-4H3. The second-order valence-corrected chi connectivity index (χ2v) is 4.13. The molecule has 0 N–H and O–H groups in total. The van der Waals surface area contributed by atoms with Crippen molar-refractivity contribution in [2.45, 2.75) is 52.4 Å². The van der Waals surface area contributed by atoms with Gasteiger partial charge in [-0.3, -0.25) is 4.90 Å². The van der Waals surface area contributed by atoms with Crippen LogP contribution in [0.4, 0.5) is 0 Å². The molecule has 1 fully saturated rings. The summed E-state index contributed by atoms with van der Waals surface area (Å²) in [6.45, 7) is 11.1. The van der Waals surface area contributed by atoms with Gasteiger partial charge in [0.2, 0.25) is 0 Å². The quantitative estimate of drug-likeness (QED) is 0.597. The Morgan fingerprint density at radius 2 is 1.92 bits per heavy atom. The fourth-order valence-electron chi connectivity index (χ4n) is 1.75. The molecule has 1 aliphatic heterocycles. The molecule has 0 aromatic rings. The maximum Gasteiger partial charge on any atom is 0.0677 e. The molecular formula is C10H21NO. The molecule has 1 heterocycles. The van der Waals surface area contributed by atoms with Gasteiger partial charge in [0, 0.05) is 19.1 Å². The monoisotopic (exact) mass is 171 g/mol. The van der Waals surface area contributed by atoms with Crippen molar-refractivity contribution < 1.29 is 4.74 Å². The van der Waals surface area contributed by atoms with Crippen molar-refractivity contribution in [3.05, 3.63) is 0 Å². The van der Waals surface area contributed by atoms with E-state index in [2.05, 4.69) is 32.6 Å². The van der Waals surface area contributed by atoms with Gasteiger partial charge in [0.1, 0.15) is 0 Å². The topological polar surface area (TPSA) is 12.5 Å². The molecule has 0 aliphatic carbocycles. The van der Waals surface area contributed by atoms with Gasteiger partial charge in [-0.1, -0.05) is 0 Å². The molecule has 12 heavy (non-hydrogen) atoms. The van der Waals surface area contributed by atoms with Crippen LogP contribution in [0.2, 0.25) is 0 Å². The highest BCUT2D eigenvalue weighted by Crippen LogP contribution is 2.13. The van der Waals surface area contributed by atoms with E-state index in [1.807, 2.05) is 0 Å². The van der Waals surface area contributed by atoms with Crippen molar-refractivity contribution in [3.8, 4) is 0 Å². The van der Waals surface area contributed by atoms with E-state index in [0.717, 1.165) is 6.54 Å². The van der Waals surface area contributed by atoms with E-state index in [1.54, 1.807) is 0 Å². The molecular weight excluding hydrogens is 150 g/mol. The molecule has 2 atom stereocenters. The van der Waals surface area contributed by atoms with Gasteiger partial charge in [-0.05, 0) is 34.1 Å². The average Bonchev–Trinajstić information content (AvgIpc) is 2.11. The van der Waals surface area contributed by atoms with Crippen molar-refractivity contribution in [1.82, 2.24) is 4.90 Å². The Bertz CT molecular complexity index is 136. The number of rotatable bonds is 1. The molecule has 1 rings (SSSR count). The fourth-order valence-corrected chi connectivity index (χ4v) is 1.75. The third-order valence-electron chi connectivity index (χ3n) is 2.51. The summed E-state index contributed by atoms with van der Waals surface area (Å²) in [4.78, 5) is 2.49. The second-order valence-electron chi connectivity index (χ2n) is 4.13. The highest BCUT2D eigenvalue weighted by atomic mass is 16.5. The summed E-state index contributed by atoms with van der Waals surface area (Å²) in [6.07, 6.45) is 2.00. The minimum absolute atomic E-state index is 0.393. The Balaban J connectivity index is 2.46. The molecule has 0 bridgehead atoms. The van der Waals surface area contributed by atoms with Gasteiger partial charge in [0.25, 0.3) is 0 Å². The van der Waals surface area contributed by atoms with E-state index in [4.69, 9.17) is 4.74 Å². The van der Waals surface area contributed by atoms with Gasteiger partial charge in [-0.15, -0.1) is 0 Å². The van der Waals surface area contributed by atoms with Gasteiger partial charge in [0.05, 0.1) is 12.2 Å².